The molecule has 0 atom stereocenters. The van der Waals surface area contributed by atoms with Gasteiger partial charge in [-0.2, -0.15) is 0 Å². The summed E-state index contributed by atoms with van der Waals surface area (Å²) in [5.74, 6) is 1.19. The third-order valence-corrected chi connectivity index (χ3v) is 4.61. The van der Waals surface area contributed by atoms with Crippen molar-refractivity contribution in [2.45, 2.75) is 39.8 Å². The standard InChI is InChI=1S/C18H24N8/c1-3-5-25(6-4-2)16-17-23-13-9-20-10-15(13)26(17)11-14(24-16)12-7-21-18(19)22-8-12/h7-8,11,20H,3-6,9-10H2,1-2H3,(H2,19,21,22). The van der Waals surface area contributed by atoms with E-state index in [0.29, 0.717) is 0 Å². The van der Waals surface area contributed by atoms with Crippen LogP contribution >= 0.6 is 0 Å². The van der Waals surface area contributed by atoms with Crippen molar-refractivity contribution in [3.8, 4) is 11.3 Å². The maximum atomic E-state index is 5.64. The second-order valence-corrected chi connectivity index (χ2v) is 6.57. The van der Waals surface area contributed by atoms with E-state index in [4.69, 9.17) is 15.7 Å². The molecule has 0 saturated heterocycles. The molecule has 0 aromatic carbocycles. The minimum Gasteiger partial charge on any atom is -0.368 e. The molecule has 8 nitrogen and oxygen atoms in total. The summed E-state index contributed by atoms with van der Waals surface area (Å²) in [7, 11) is 0. The van der Waals surface area contributed by atoms with Crippen LogP contribution in [0.3, 0.4) is 0 Å². The number of imidazole rings is 1. The van der Waals surface area contributed by atoms with Gasteiger partial charge < -0.3 is 16.0 Å². The summed E-state index contributed by atoms with van der Waals surface area (Å²) in [5.41, 5.74) is 10.6. The number of nitrogen functional groups attached to an aromatic ring is 1. The second-order valence-electron chi connectivity index (χ2n) is 6.57. The average Bonchev–Trinajstić information content (AvgIpc) is 3.23. The van der Waals surface area contributed by atoms with Crippen LogP contribution in [-0.2, 0) is 13.1 Å². The third kappa shape index (κ3) is 2.86. The lowest BCUT2D eigenvalue weighted by atomic mass is 10.2. The Balaban J connectivity index is 1.91. The van der Waals surface area contributed by atoms with E-state index in [1.165, 1.54) is 5.69 Å². The van der Waals surface area contributed by atoms with E-state index in [1.54, 1.807) is 12.4 Å². The van der Waals surface area contributed by atoms with E-state index in [0.717, 1.165) is 67.4 Å². The maximum absolute atomic E-state index is 5.64. The lowest BCUT2D eigenvalue weighted by Crippen LogP contribution is -2.27. The fourth-order valence-electron chi connectivity index (χ4n) is 3.44. The SMILES string of the molecule is CCCN(CCC)c1nc(-c2cnc(N)nc2)cn2c3c(nc12)CNC3. The first-order valence-corrected chi connectivity index (χ1v) is 9.15. The predicted octanol–water partition coefficient (Wildman–Crippen LogP) is 2.00. The number of fused-ring (bicyclic) bond motifs is 3. The fourth-order valence-corrected chi connectivity index (χ4v) is 3.44. The van der Waals surface area contributed by atoms with Crippen LogP contribution in [0.15, 0.2) is 18.6 Å². The van der Waals surface area contributed by atoms with Gasteiger partial charge >= 0.3 is 0 Å². The number of hydrogen-bond donors (Lipinski definition) is 2. The molecule has 0 unspecified atom stereocenters. The number of nitrogens with two attached hydrogens (primary N) is 1. The smallest absolute Gasteiger partial charge is 0.219 e. The Morgan fingerprint density at radius 1 is 1.12 bits per heavy atom. The molecule has 0 fully saturated rings. The van der Waals surface area contributed by atoms with Crippen LogP contribution in [-0.4, -0.2) is 37.4 Å². The Labute approximate surface area is 152 Å². The van der Waals surface area contributed by atoms with E-state index < -0.39 is 0 Å². The van der Waals surface area contributed by atoms with E-state index in [1.807, 2.05) is 6.20 Å². The maximum Gasteiger partial charge on any atom is 0.219 e. The van der Waals surface area contributed by atoms with Crippen molar-refractivity contribution in [2.24, 2.45) is 0 Å². The Hall–Kier alpha value is -2.74. The normalized spacial score (nSPS) is 13.3. The molecule has 3 aromatic heterocycles. The minimum absolute atomic E-state index is 0.265. The van der Waals surface area contributed by atoms with Gasteiger partial charge in [-0.05, 0) is 12.8 Å². The summed E-state index contributed by atoms with van der Waals surface area (Å²) in [6.45, 7) is 7.90. The zero-order valence-electron chi connectivity index (χ0n) is 15.2. The third-order valence-electron chi connectivity index (χ3n) is 4.61. The van der Waals surface area contributed by atoms with Crippen molar-refractivity contribution in [3.05, 3.63) is 30.0 Å². The molecular weight excluding hydrogens is 328 g/mol. The van der Waals surface area contributed by atoms with Crippen molar-refractivity contribution in [3.63, 3.8) is 0 Å². The van der Waals surface area contributed by atoms with Gasteiger partial charge in [0.25, 0.3) is 0 Å². The van der Waals surface area contributed by atoms with Crippen LogP contribution < -0.4 is 16.0 Å². The summed E-state index contributed by atoms with van der Waals surface area (Å²) in [6.07, 6.45) is 7.60. The first-order valence-electron chi connectivity index (χ1n) is 9.15. The summed E-state index contributed by atoms with van der Waals surface area (Å²) in [4.78, 5) is 20.4. The van der Waals surface area contributed by atoms with Crippen LogP contribution in [0.5, 0.6) is 0 Å². The molecular formula is C18H24N8. The fraction of sp³-hybridized carbons (Fsp3) is 0.444. The molecule has 0 aliphatic carbocycles. The molecule has 136 valence electrons. The van der Waals surface area contributed by atoms with Crippen LogP contribution in [0.2, 0.25) is 0 Å². The minimum atomic E-state index is 0.265. The van der Waals surface area contributed by atoms with Crippen LogP contribution in [0, 0.1) is 0 Å². The van der Waals surface area contributed by atoms with E-state index in [2.05, 4.69) is 38.4 Å². The first kappa shape index (κ1) is 16.7. The van der Waals surface area contributed by atoms with Crippen LogP contribution in [0.1, 0.15) is 38.1 Å². The molecule has 26 heavy (non-hydrogen) atoms. The van der Waals surface area contributed by atoms with Gasteiger partial charge in [0.1, 0.15) is 0 Å². The predicted molar refractivity (Wildman–Crippen MR) is 102 cm³/mol. The number of aromatic nitrogens is 5. The molecule has 1 aliphatic heterocycles. The summed E-state index contributed by atoms with van der Waals surface area (Å²) < 4.78 is 2.17. The Morgan fingerprint density at radius 2 is 1.85 bits per heavy atom. The highest BCUT2D eigenvalue weighted by Gasteiger charge is 2.23. The van der Waals surface area contributed by atoms with Crippen molar-refractivity contribution >= 4 is 17.4 Å². The van der Waals surface area contributed by atoms with Gasteiger partial charge in [0.05, 0.1) is 17.1 Å². The summed E-state index contributed by atoms with van der Waals surface area (Å²) in [5, 5.41) is 3.37. The molecule has 0 bridgehead atoms. The van der Waals surface area contributed by atoms with Gasteiger partial charge in [0.15, 0.2) is 11.5 Å². The van der Waals surface area contributed by atoms with Crippen molar-refractivity contribution in [1.82, 2.24) is 29.7 Å². The molecule has 3 aromatic rings. The number of anilines is 2. The van der Waals surface area contributed by atoms with Gasteiger partial charge in [-0.1, -0.05) is 13.8 Å². The van der Waals surface area contributed by atoms with Crippen molar-refractivity contribution in [1.29, 1.82) is 0 Å². The Kier molecular flexibility index (Phi) is 4.42. The average molecular weight is 352 g/mol. The van der Waals surface area contributed by atoms with Gasteiger partial charge in [0.2, 0.25) is 5.95 Å². The zero-order chi connectivity index (χ0) is 18.1. The summed E-state index contributed by atoms with van der Waals surface area (Å²) >= 11 is 0. The highest BCUT2D eigenvalue weighted by atomic mass is 15.2. The Morgan fingerprint density at radius 3 is 2.54 bits per heavy atom. The first-order chi connectivity index (χ1) is 12.7. The molecule has 0 amide bonds. The topological polar surface area (TPSA) is 97.3 Å². The van der Waals surface area contributed by atoms with Crippen LogP contribution in [0.4, 0.5) is 11.8 Å². The van der Waals surface area contributed by atoms with E-state index in [-0.39, 0.29) is 5.95 Å². The largest absolute Gasteiger partial charge is 0.368 e. The van der Waals surface area contributed by atoms with Gasteiger partial charge in [0, 0.05) is 50.3 Å². The lowest BCUT2D eigenvalue weighted by Gasteiger charge is -2.23. The number of nitrogens with zero attached hydrogens (tertiary/aromatic N) is 6. The van der Waals surface area contributed by atoms with Gasteiger partial charge in [-0.25, -0.2) is 19.9 Å². The molecule has 4 heterocycles. The van der Waals surface area contributed by atoms with E-state index in [9.17, 15) is 0 Å². The molecule has 4 rings (SSSR count). The zero-order valence-corrected chi connectivity index (χ0v) is 15.2. The van der Waals surface area contributed by atoms with Crippen LogP contribution in [0.25, 0.3) is 16.9 Å². The second kappa shape index (κ2) is 6.87. The van der Waals surface area contributed by atoms with Gasteiger partial charge in [-0.15, -0.1) is 0 Å². The highest BCUT2D eigenvalue weighted by molar-refractivity contribution is 5.71. The number of nitrogens with one attached hydrogen (secondary N) is 1. The number of hydrogen-bond acceptors (Lipinski definition) is 7. The quantitative estimate of drug-likeness (QED) is 0.700. The monoisotopic (exact) mass is 352 g/mol. The molecule has 8 heteroatoms. The lowest BCUT2D eigenvalue weighted by molar-refractivity contribution is 0.725. The molecule has 1 aliphatic rings. The van der Waals surface area contributed by atoms with Crippen molar-refractivity contribution in [2.75, 3.05) is 23.7 Å². The van der Waals surface area contributed by atoms with Crippen molar-refractivity contribution < 1.29 is 0 Å². The molecule has 0 saturated carbocycles. The Bertz CT molecular complexity index is 909. The van der Waals surface area contributed by atoms with E-state index >= 15 is 0 Å². The highest BCUT2D eigenvalue weighted by Crippen LogP contribution is 2.28. The summed E-state index contributed by atoms with van der Waals surface area (Å²) in [6, 6.07) is 0. The molecule has 0 radical (unpaired) electrons. The molecule has 3 N–H and O–H groups in total. The van der Waals surface area contributed by atoms with Gasteiger partial charge in [-0.3, -0.25) is 4.40 Å². The number of rotatable bonds is 6. The molecule has 0 spiro atoms.